The van der Waals surface area contributed by atoms with Gasteiger partial charge in [-0.3, -0.25) is 4.79 Å². The molecule has 1 aliphatic heterocycles. The Morgan fingerprint density at radius 3 is 2.94 bits per heavy atom. The maximum absolute atomic E-state index is 12.1. The van der Waals surface area contributed by atoms with Crippen molar-refractivity contribution in [2.75, 3.05) is 33.7 Å². The van der Waals surface area contributed by atoms with Crippen molar-refractivity contribution in [3.63, 3.8) is 0 Å². The zero-order chi connectivity index (χ0) is 13.1. The van der Waals surface area contributed by atoms with E-state index in [1.54, 1.807) is 11.3 Å². The zero-order valence-electron chi connectivity index (χ0n) is 10.9. The Morgan fingerprint density at radius 2 is 2.28 bits per heavy atom. The van der Waals surface area contributed by atoms with Crippen LogP contribution in [0.15, 0.2) is 15.9 Å². The van der Waals surface area contributed by atoms with Gasteiger partial charge in [-0.1, -0.05) is 0 Å². The van der Waals surface area contributed by atoms with Crippen molar-refractivity contribution in [3.05, 3.63) is 20.8 Å². The molecule has 1 saturated heterocycles. The second kappa shape index (κ2) is 6.28. The lowest BCUT2D eigenvalue weighted by Gasteiger charge is -2.37. The summed E-state index contributed by atoms with van der Waals surface area (Å²) in [6.07, 6.45) is 1.22. The second-order valence-corrected chi connectivity index (χ2v) is 6.86. The molecule has 0 aliphatic carbocycles. The monoisotopic (exact) mass is 330 g/mol. The molecule has 5 heteroatoms. The molecule has 3 nitrogen and oxygen atoms in total. The first-order chi connectivity index (χ1) is 8.56. The second-order valence-electron chi connectivity index (χ2n) is 5.01. The number of hydrogen-bond acceptors (Lipinski definition) is 4. The van der Waals surface area contributed by atoms with Gasteiger partial charge in [-0.2, -0.15) is 0 Å². The van der Waals surface area contributed by atoms with Crippen LogP contribution in [-0.2, 0) is 11.2 Å². The number of carbonyl (C=O) groups excluding carboxylic acids is 1. The number of likely N-dealkylation sites (N-methyl/N-ethyl adjacent to an activating group) is 2. The van der Waals surface area contributed by atoms with Gasteiger partial charge in [0.15, 0.2) is 0 Å². The largest absolute Gasteiger partial charge is 0.304 e. The third-order valence-corrected chi connectivity index (χ3v) is 5.42. The fourth-order valence-corrected chi connectivity index (χ4v) is 3.81. The molecule has 1 atom stereocenters. The van der Waals surface area contributed by atoms with Crippen LogP contribution in [0.1, 0.15) is 11.3 Å². The summed E-state index contributed by atoms with van der Waals surface area (Å²) < 4.78 is 1.06. The van der Waals surface area contributed by atoms with Crippen LogP contribution in [-0.4, -0.2) is 55.4 Å². The Hall–Kier alpha value is -0.230. The lowest BCUT2D eigenvalue weighted by molar-refractivity contribution is -0.120. The van der Waals surface area contributed by atoms with Crippen molar-refractivity contribution in [2.24, 2.45) is 0 Å². The van der Waals surface area contributed by atoms with E-state index in [1.807, 2.05) is 11.4 Å². The first-order valence-electron chi connectivity index (χ1n) is 6.18. The predicted octanol–water partition coefficient (Wildman–Crippen LogP) is 2.26. The molecule has 100 valence electrons. The van der Waals surface area contributed by atoms with Crippen molar-refractivity contribution in [1.29, 1.82) is 0 Å². The normalized spacial score (nSPS) is 22.3. The van der Waals surface area contributed by atoms with Crippen LogP contribution in [0, 0.1) is 0 Å². The average Bonchev–Trinajstić information content (AvgIpc) is 2.70. The molecule has 2 rings (SSSR count). The Kier molecular flexibility index (Phi) is 4.95. The SMILES string of the molecule is CN1CCN(C)C(CC(=O)Cc2sccc2Br)C1. The van der Waals surface area contributed by atoms with Gasteiger partial charge in [0.2, 0.25) is 0 Å². The van der Waals surface area contributed by atoms with E-state index in [1.165, 1.54) is 0 Å². The van der Waals surface area contributed by atoms with Gasteiger partial charge in [0.05, 0.1) is 0 Å². The van der Waals surface area contributed by atoms with E-state index in [-0.39, 0.29) is 0 Å². The molecule has 1 aromatic rings. The van der Waals surface area contributed by atoms with Gasteiger partial charge < -0.3 is 9.80 Å². The summed E-state index contributed by atoms with van der Waals surface area (Å²) in [6.45, 7) is 3.14. The summed E-state index contributed by atoms with van der Waals surface area (Å²) in [5, 5.41) is 2.02. The molecule has 0 bridgehead atoms. The number of piperazine rings is 1. The summed E-state index contributed by atoms with van der Waals surface area (Å²) in [4.78, 5) is 17.9. The molecule has 1 fully saturated rings. The molecule has 1 unspecified atom stereocenters. The van der Waals surface area contributed by atoms with E-state index >= 15 is 0 Å². The number of nitrogens with zero attached hydrogens (tertiary/aromatic N) is 2. The van der Waals surface area contributed by atoms with E-state index in [0.717, 1.165) is 29.0 Å². The van der Waals surface area contributed by atoms with Gasteiger partial charge in [0.1, 0.15) is 5.78 Å². The third kappa shape index (κ3) is 3.63. The van der Waals surface area contributed by atoms with E-state index in [2.05, 4.69) is 39.8 Å². The highest BCUT2D eigenvalue weighted by molar-refractivity contribution is 9.10. The van der Waals surface area contributed by atoms with Crippen molar-refractivity contribution < 1.29 is 4.79 Å². The molecule has 0 spiro atoms. The molecule has 0 saturated carbocycles. The van der Waals surface area contributed by atoms with Crippen LogP contribution in [0.4, 0.5) is 0 Å². The fraction of sp³-hybridized carbons (Fsp3) is 0.615. The number of thiophene rings is 1. The Labute approximate surface area is 121 Å². The molecule has 0 N–H and O–H groups in total. The van der Waals surface area contributed by atoms with Crippen LogP contribution in [0.3, 0.4) is 0 Å². The number of rotatable bonds is 4. The van der Waals surface area contributed by atoms with Crippen LogP contribution < -0.4 is 0 Å². The highest BCUT2D eigenvalue weighted by atomic mass is 79.9. The average molecular weight is 331 g/mol. The van der Waals surface area contributed by atoms with Gasteiger partial charge >= 0.3 is 0 Å². The molecular weight excluding hydrogens is 312 g/mol. The third-order valence-electron chi connectivity index (χ3n) is 3.49. The van der Waals surface area contributed by atoms with E-state index in [4.69, 9.17) is 0 Å². The number of Topliss-reactive ketones (excluding diaryl/α,β-unsaturated/α-hetero) is 1. The molecule has 0 amide bonds. The minimum Gasteiger partial charge on any atom is -0.304 e. The van der Waals surface area contributed by atoms with Gasteiger partial charge in [0.25, 0.3) is 0 Å². The standard InChI is InChI=1S/C13H19BrN2OS/c1-15-4-5-16(2)10(9-15)7-11(17)8-13-12(14)3-6-18-13/h3,6,10H,4-5,7-9H2,1-2H3. The van der Waals surface area contributed by atoms with Crippen LogP contribution >= 0.6 is 27.3 Å². The van der Waals surface area contributed by atoms with Gasteiger partial charge in [-0.05, 0) is 41.5 Å². The number of carbonyl (C=O) groups is 1. The van der Waals surface area contributed by atoms with Crippen LogP contribution in [0.5, 0.6) is 0 Å². The maximum atomic E-state index is 12.1. The number of halogens is 1. The minimum atomic E-state index is 0.338. The predicted molar refractivity (Wildman–Crippen MR) is 79.3 cm³/mol. The first kappa shape index (κ1) is 14.2. The number of hydrogen-bond donors (Lipinski definition) is 0. The summed E-state index contributed by atoms with van der Waals surface area (Å²) in [7, 11) is 4.24. The van der Waals surface area contributed by atoms with Crippen molar-refractivity contribution in [1.82, 2.24) is 9.80 Å². The smallest absolute Gasteiger partial charge is 0.139 e. The van der Waals surface area contributed by atoms with Crippen molar-refractivity contribution >= 4 is 33.0 Å². The van der Waals surface area contributed by atoms with Crippen LogP contribution in [0.2, 0.25) is 0 Å². The van der Waals surface area contributed by atoms with Gasteiger partial charge in [0, 0.05) is 47.9 Å². The molecular formula is C13H19BrN2OS. The maximum Gasteiger partial charge on any atom is 0.139 e. The van der Waals surface area contributed by atoms with Crippen molar-refractivity contribution in [3.8, 4) is 0 Å². The summed E-state index contributed by atoms with van der Waals surface area (Å²) in [6, 6.07) is 2.38. The van der Waals surface area contributed by atoms with E-state index in [0.29, 0.717) is 24.7 Å². The quantitative estimate of drug-likeness (QED) is 0.846. The van der Waals surface area contributed by atoms with E-state index in [9.17, 15) is 4.79 Å². The lowest BCUT2D eigenvalue weighted by Crippen LogP contribution is -2.50. The highest BCUT2D eigenvalue weighted by Crippen LogP contribution is 2.24. The zero-order valence-corrected chi connectivity index (χ0v) is 13.3. The highest BCUT2D eigenvalue weighted by Gasteiger charge is 2.24. The van der Waals surface area contributed by atoms with Gasteiger partial charge in [-0.15, -0.1) is 11.3 Å². The summed E-state index contributed by atoms with van der Waals surface area (Å²) >= 11 is 5.13. The topological polar surface area (TPSA) is 23.6 Å². The molecule has 18 heavy (non-hydrogen) atoms. The summed E-state index contributed by atoms with van der Waals surface area (Å²) in [5.74, 6) is 0.338. The minimum absolute atomic E-state index is 0.338. The molecule has 2 heterocycles. The first-order valence-corrected chi connectivity index (χ1v) is 7.86. The lowest BCUT2D eigenvalue weighted by atomic mass is 10.0. The number of ketones is 1. The van der Waals surface area contributed by atoms with E-state index < -0.39 is 0 Å². The Balaban J connectivity index is 1.89. The summed E-state index contributed by atoms with van der Waals surface area (Å²) in [5.41, 5.74) is 0. The molecule has 0 radical (unpaired) electrons. The molecule has 1 aromatic heterocycles. The van der Waals surface area contributed by atoms with Crippen LogP contribution in [0.25, 0.3) is 0 Å². The fourth-order valence-electron chi connectivity index (χ4n) is 2.29. The molecule has 0 aromatic carbocycles. The molecule has 1 aliphatic rings. The van der Waals surface area contributed by atoms with Gasteiger partial charge in [-0.25, -0.2) is 0 Å². The Bertz CT molecular complexity index is 421. The van der Waals surface area contributed by atoms with Crippen molar-refractivity contribution in [2.45, 2.75) is 18.9 Å². The Morgan fingerprint density at radius 1 is 1.50 bits per heavy atom.